The van der Waals surface area contributed by atoms with E-state index < -0.39 is 30.2 Å². The lowest BCUT2D eigenvalue weighted by Crippen LogP contribution is -2.20. The summed E-state index contributed by atoms with van der Waals surface area (Å²) in [6.07, 6.45) is 0.731. The fourth-order valence-electron chi connectivity index (χ4n) is 1.68. The quantitative estimate of drug-likeness (QED) is 0.133. The van der Waals surface area contributed by atoms with Crippen LogP contribution in [0.1, 0.15) is 52.9 Å². The molecule has 0 aliphatic carbocycles. The Morgan fingerprint density at radius 2 is 1.39 bits per heavy atom. The molecule has 160 valence electrons. The molecule has 0 saturated heterocycles. The summed E-state index contributed by atoms with van der Waals surface area (Å²) in [5.74, 6) is -2.37. The molecule has 0 aromatic heterocycles. The second-order valence-corrected chi connectivity index (χ2v) is 5.89. The van der Waals surface area contributed by atoms with Gasteiger partial charge in [0.05, 0.1) is 25.9 Å². The van der Waals surface area contributed by atoms with E-state index >= 15 is 0 Å². The highest BCUT2D eigenvalue weighted by atomic mass is 16.7. The summed E-state index contributed by atoms with van der Waals surface area (Å²) in [6, 6.07) is 0. The van der Waals surface area contributed by atoms with Crippen molar-refractivity contribution in [3.8, 4) is 0 Å². The van der Waals surface area contributed by atoms with Crippen molar-refractivity contribution in [2.45, 2.75) is 59.2 Å². The zero-order valence-corrected chi connectivity index (χ0v) is 16.8. The molecule has 0 fully saturated rings. The van der Waals surface area contributed by atoms with E-state index in [1.807, 2.05) is 6.92 Å². The summed E-state index contributed by atoms with van der Waals surface area (Å²) in [7, 11) is 0. The van der Waals surface area contributed by atoms with Gasteiger partial charge in [-0.05, 0) is 20.3 Å². The highest BCUT2D eigenvalue weighted by Crippen LogP contribution is 2.01. The molecule has 1 atom stereocenters. The van der Waals surface area contributed by atoms with Gasteiger partial charge in [-0.25, -0.2) is 4.79 Å². The van der Waals surface area contributed by atoms with Gasteiger partial charge in [-0.1, -0.05) is 19.9 Å². The van der Waals surface area contributed by atoms with Crippen LogP contribution in [-0.4, -0.2) is 56.6 Å². The average Bonchev–Trinajstić information content (AvgIpc) is 2.63. The third-order valence-electron chi connectivity index (χ3n) is 3.18. The van der Waals surface area contributed by atoms with Crippen molar-refractivity contribution in [1.29, 1.82) is 0 Å². The number of esters is 4. The highest BCUT2D eigenvalue weighted by Gasteiger charge is 2.13. The summed E-state index contributed by atoms with van der Waals surface area (Å²) in [6.45, 7) is 8.71. The first-order chi connectivity index (χ1) is 13.3. The van der Waals surface area contributed by atoms with Gasteiger partial charge in [-0.3, -0.25) is 14.4 Å². The van der Waals surface area contributed by atoms with Crippen molar-refractivity contribution < 1.29 is 42.9 Å². The Hall–Kier alpha value is -2.42. The van der Waals surface area contributed by atoms with Crippen LogP contribution >= 0.6 is 0 Å². The Kier molecular flexibility index (Phi) is 14.3. The number of carbonyl (C=O) groups excluding carboxylic acids is 4. The minimum Gasteiger partial charge on any atom is -0.465 e. The molecule has 1 unspecified atom stereocenters. The van der Waals surface area contributed by atoms with Gasteiger partial charge in [0.15, 0.2) is 6.29 Å². The molecule has 0 aromatic carbocycles. The molecule has 0 rings (SSSR count). The van der Waals surface area contributed by atoms with Gasteiger partial charge in [0.25, 0.3) is 0 Å². The van der Waals surface area contributed by atoms with E-state index in [0.29, 0.717) is 6.61 Å². The number of carbonyl (C=O) groups is 4. The van der Waals surface area contributed by atoms with Gasteiger partial charge in [0.2, 0.25) is 0 Å². The summed E-state index contributed by atoms with van der Waals surface area (Å²) in [5, 5.41) is 0. The lowest BCUT2D eigenvalue weighted by Gasteiger charge is -2.13. The Morgan fingerprint density at radius 3 is 1.96 bits per heavy atom. The molecule has 0 aliphatic rings. The molecule has 0 spiro atoms. The predicted molar refractivity (Wildman–Crippen MR) is 98.0 cm³/mol. The second kappa shape index (κ2) is 15.6. The number of rotatable bonds is 15. The summed E-state index contributed by atoms with van der Waals surface area (Å²) in [4.78, 5) is 45.7. The number of unbranched alkanes of at least 4 members (excludes halogenated alkanes) is 1. The van der Waals surface area contributed by atoms with E-state index in [1.165, 1.54) is 6.92 Å². The zero-order chi connectivity index (χ0) is 21.4. The minimum atomic E-state index is -0.654. The number of hydrogen-bond acceptors (Lipinski definition) is 9. The van der Waals surface area contributed by atoms with E-state index in [1.54, 1.807) is 6.92 Å². The lowest BCUT2D eigenvalue weighted by atomic mass is 10.3. The molecule has 9 heteroatoms. The van der Waals surface area contributed by atoms with Gasteiger partial charge in [0, 0.05) is 5.57 Å². The molecule has 0 bridgehead atoms. The standard InChI is InChI=1S/C19H30O9/c1-5-6-10-24-15(4)28-18(22)9-11-25-16(20)7-8-17(21)26-12-13-27-19(23)14(2)3/h15H,2,5-13H2,1,3-4H3. The van der Waals surface area contributed by atoms with E-state index in [9.17, 15) is 19.2 Å². The monoisotopic (exact) mass is 402 g/mol. The largest absolute Gasteiger partial charge is 0.465 e. The van der Waals surface area contributed by atoms with Crippen LogP contribution in [0.3, 0.4) is 0 Å². The molecule has 0 radical (unpaired) electrons. The first-order valence-electron chi connectivity index (χ1n) is 9.21. The van der Waals surface area contributed by atoms with Gasteiger partial charge < -0.3 is 23.7 Å². The van der Waals surface area contributed by atoms with Crippen LogP contribution in [-0.2, 0) is 42.9 Å². The first-order valence-corrected chi connectivity index (χ1v) is 9.21. The predicted octanol–water partition coefficient (Wildman–Crippen LogP) is 2.07. The van der Waals surface area contributed by atoms with E-state index in [0.717, 1.165) is 12.8 Å². The van der Waals surface area contributed by atoms with Crippen molar-refractivity contribution in [3.63, 3.8) is 0 Å². The maximum atomic E-state index is 11.6. The molecule has 0 saturated carbocycles. The minimum absolute atomic E-state index is 0.0927. The summed E-state index contributed by atoms with van der Waals surface area (Å²) in [5.41, 5.74) is 0.247. The Morgan fingerprint density at radius 1 is 0.821 bits per heavy atom. The molecule has 0 aliphatic heterocycles. The lowest BCUT2D eigenvalue weighted by molar-refractivity contribution is -0.176. The fourth-order valence-corrected chi connectivity index (χ4v) is 1.68. The molecule has 0 amide bonds. The van der Waals surface area contributed by atoms with Crippen molar-refractivity contribution in [1.82, 2.24) is 0 Å². The van der Waals surface area contributed by atoms with Crippen LogP contribution in [0.4, 0.5) is 0 Å². The van der Waals surface area contributed by atoms with E-state index in [4.69, 9.17) is 23.7 Å². The van der Waals surface area contributed by atoms with Gasteiger partial charge in [-0.15, -0.1) is 0 Å². The Balaban J connectivity index is 3.72. The third kappa shape index (κ3) is 14.7. The average molecular weight is 402 g/mol. The SMILES string of the molecule is C=C(C)C(=O)OCCOC(=O)CCC(=O)OCCC(=O)OC(C)OCCCC. The molecule has 0 aromatic rings. The first kappa shape index (κ1) is 25.6. The van der Waals surface area contributed by atoms with Crippen molar-refractivity contribution in [2.24, 2.45) is 0 Å². The topological polar surface area (TPSA) is 114 Å². The molecule has 9 nitrogen and oxygen atoms in total. The fraction of sp³-hybridized carbons (Fsp3) is 0.684. The van der Waals surface area contributed by atoms with Crippen molar-refractivity contribution in [3.05, 3.63) is 12.2 Å². The van der Waals surface area contributed by atoms with E-state index in [2.05, 4.69) is 6.58 Å². The van der Waals surface area contributed by atoms with Gasteiger partial charge >= 0.3 is 23.9 Å². The molecular weight excluding hydrogens is 372 g/mol. The van der Waals surface area contributed by atoms with Crippen LogP contribution in [0.15, 0.2) is 12.2 Å². The van der Waals surface area contributed by atoms with Crippen LogP contribution < -0.4 is 0 Å². The molecule has 0 heterocycles. The van der Waals surface area contributed by atoms with Crippen LogP contribution in [0.25, 0.3) is 0 Å². The Bertz CT molecular complexity index is 527. The highest BCUT2D eigenvalue weighted by molar-refractivity contribution is 5.86. The normalized spacial score (nSPS) is 11.2. The van der Waals surface area contributed by atoms with Crippen LogP contribution in [0, 0.1) is 0 Å². The van der Waals surface area contributed by atoms with Crippen LogP contribution in [0.5, 0.6) is 0 Å². The van der Waals surface area contributed by atoms with Crippen molar-refractivity contribution >= 4 is 23.9 Å². The smallest absolute Gasteiger partial charge is 0.333 e. The second-order valence-electron chi connectivity index (χ2n) is 5.89. The van der Waals surface area contributed by atoms with Gasteiger partial charge in [-0.2, -0.15) is 0 Å². The molecular formula is C19H30O9. The summed E-state index contributed by atoms with van der Waals surface area (Å²) < 4.78 is 24.7. The maximum absolute atomic E-state index is 11.6. The Labute approximate surface area is 165 Å². The number of hydrogen-bond donors (Lipinski definition) is 0. The maximum Gasteiger partial charge on any atom is 0.333 e. The third-order valence-corrected chi connectivity index (χ3v) is 3.18. The zero-order valence-electron chi connectivity index (χ0n) is 16.8. The van der Waals surface area contributed by atoms with Crippen LogP contribution in [0.2, 0.25) is 0 Å². The van der Waals surface area contributed by atoms with E-state index in [-0.39, 0.29) is 44.7 Å². The van der Waals surface area contributed by atoms with Gasteiger partial charge in [0.1, 0.15) is 19.8 Å². The van der Waals surface area contributed by atoms with Crippen molar-refractivity contribution in [2.75, 3.05) is 26.4 Å². The summed E-state index contributed by atoms with van der Waals surface area (Å²) >= 11 is 0. The molecule has 28 heavy (non-hydrogen) atoms. The number of ether oxygens (including phenoxy) is 5. The molecule has 0 N–H and O–H groups in total.